The summed E-state index contributed by atoms with van der Waals surface area (Å²) in [4.78, 5) is 21.4. The molecule has 0 unspecified atom stereocenters. The number of Topliss-reactive ketones (excluding diaryl/α,β-unsaturated/α-hetero) is 1. The second kappa shape index (κ2) is 4.36. The summed E-state index contributed by atoms with van der Waals surface area (Å²) in [5.74, 6) is -0.0637. The third kappa shape index (κ3) is 3.62. The van der Waals surface area contributed by atoms with E-state index in [-0.39, 0.29) is 18.2 Å². The van der Waals surface area contributed by atoms with E-state index in [1.165, 1.54) is 0 Å². The lowest BCUT2D eigenvalue weighted by Gasteiger charge is -2.26. The van der Waals surface area contributed by atoms with Gasteiger partial charge < -0.3 is 10.1 Å². The normalized spacial score (nSPS) is 11.8. The molecule has 0 saturated carbocycles. The Hall–Kier alpha value is -0.700. The van der Waals surface area contributed by atoms with Gasteiger partial charge in [0.25, 0.3) is 0 Å². The number of rotatable bonds is 5. The zero-order valence-electron chi connectivity index (χ0n) is 8.18. The van der Waals surface area contributed by atoms with Gasteiger partial charge in [0.15, 0.2) is 5.78 Å². The molecular formula is C9H17NO2. The van der Waals surface area contributed by atoms with E-state index in [1.54, 1.807) is 13.8 Å². The average molecular weight is 171 g/mol. The topological polar surface area (TPSA) is 46.2 Å². The van der Waals surface area contributed by atoms with Gasteiger partial charge in [-0.2, -0.15) is 0 Å². The quantitative estimate of drug-likeness (QED) is 0.494. The van der Waals surface area contributed by atoms with Crippen LogP contribution in [0.25, 0.3) is 0 Å². The van der Waals surface area contributed by atoms with E-state index in [0.29, 0.717) is 6.29 Å². The van der Waals surface area contributed by atoms with Crippen molar-refractivity contribution in [2.75, 3.05) is 0 Å². The first-order chi connectivity index (χ1) is 5.40. The molecule has 0 aromatic heterocycles. The van der Waals surface area contributed by atoms with Crippen LogP contribution in [0.5, 0.6) is 0 Å². The molecule has 0 amide bonds. The van der Waals surface area contributed by atoms with E-state index < -0.39 is 5.54 Å². The Bertz CT molecular complexity index is 173. The molecule has 0 aliphatic carbocycles. The summed E-state index contributed by atoms with van der Waals surface area (Å²) in [6.07, 6.45) is 0.638. The standard InChI is InChI=1S/C9H17NO2/c1-7(2)10-9(3,4)8(12)5-6-11/h6-7,10H,5H2,1-4H3. The molecule has 3 heteroatoms. The highest BCUT2D eigenvalue weighted by Crippen LogP contribution is 2.06. The van der Waals surface area contributed by atoms with Crippen LogP contribution in [0.3, 0.4) is 0 Å². The van der Waals surface area contributed by atoms with Crippen LogP contribution in [-0.4, -0.2) is 23.7 Å². The third-order valence-electron chi connectivity index (χ3n) is 1.62. The summed E-state index contributed by atoms with van der Waals surface area (Å²) < 4.78 is 0. The summed E-state index contributed by atoms with van der Waals surface area (Å²) in [6, 6.07) is 0.246. The molecule has 0 aliphatic rings. The van der Waals surface area contributed by atoms with Crippen LogP contribution in [0.1, 0.15) is 34.1 Å². The van der Waals surface area contributed by atoms with Crippen molar-refractivity contribution < 1.29 is 9.59 Å². The van der Waals surface area contributed by atoms with Gasteiger partial charge in [-0.25, -0.2) is 0 Å². The lowest BCUT2D eigenvalue weighted by Crippen LogP contribution is -2.49. The Labute approximate surface area is 73.5 Å². The summed E-state index contributed by atoms with van der Waals surface area (Å²) in [5, 5.41) is 3.10. The molecule has 0 rings (SSSR count). The summed E-state index contributed by atoms with van der Waals surface area (Å²) in [6.45, 7) is 7.52. The van der Waals surface area contributed by atoms with E-state index >= 15 is 0 Å². The second-order valence-electron chi connectivity index (χ2n) is 3.72. The van der Waals surface area contributed by atoms with E-state index in [2.05, 4.69) is 5.32 Å². The van der Waals surface area contributed by atoms with Crippen molar-refractivity contribution >= 4 is 12.1 Å². The summed E-state index contributed by atoms with van der Waals surface area (Å²) >= 11 is 0. The Morgan fingerprint density at radius 1 is 1.50 bits per heavy atom. The number of ketones is 1. The van der Waals surface area contributed by atoms with Gasteiger partial charge in [-0.1, -0.05) is 0 Å². The average Bonchev–Trinajstić information content (AvgIpc) is 1.85. The van der Waals surface area contributed by atoms with Crippen molar-refractivity contribution in [3.63, 3.8) is 0 Å². The van der Waals surface area contributed by atoms with Crippen molar-refractivity contribution in [2.24, 2.45) is 0 Å². The van der Waals surface area contributed by atoms with Crippen LogP contribution in [0, 0.1) is 0 Å². The Morgan fingerprint density at radius 3 is 2.33 bits per heavy atom. The van der Waals surface area contributed by atoms with Gasteiger partial charge in [-0.05, 0) is 27.7 Å². The first-order valence-corrected chi connectivity index (χ1v) is 4.15. The van der Waals surface area contributed by atoms with Crippen molar-refractivity contribution in [1.82, 2.24) is 5.32 Å². The van der Waals surface area contributed by atoms with Crippen molar-refractivity contribution in [3.8, 4) is 0 Å². The Balaban J connectivity index is 4.17. The monoisotopic (exact) mass is 171 g/mol. The Morgan fingerprint density at radius 2 is 2.00 bits per heavy atom. The predicted molar refractivity (Wildman–Crippen MR) is 48.0 cm³/mol. The van der Waals surface area contributed by atoms with Gasteiger partial charge in [-0.15, -0.1) is 0 Å². The molecule has 0 saturated heterocycles. The largest absolute Gasteiger partial charge is 0.303 e. The number of hydrogen-bond donors (Lipinski definition) is 1. The van der Waals surface area contributed by atoms with Crippen molar-refractivity contribution in [3.05, 3.63) is 0 Å². The fraction of sp³-hybridized carbons (Fsp3) is 0.778. The molecule has 0 bridgehead atoms. The van der Waals surface area contributed by atoms with Crippen LogP contribution in [0.15, 0.2) is 0 Å². The molecule has 0 aromatic rings. The minimum absolute atomic E-state index is 0.00722. The molecule has 70 valence electrons. The molecule has 1 N–H and O–H groups in total. The fourth-order valence-corrected chi connectivity index (χ4v) is 1.13. The molecule has 0 atom stereocenters. The van der Waals surface area contributed by atoms with Crippen LogP contribution in [0.4, 0.5) is 0 Å². The third-order valence-corrected chi connectivity index (χ3v) is 1.62. The molecule has 0 aliphatic heterocycles. The number of hydrogen-bond acceptors (Lipinski definition) is 3. The van der Waals surface area contributed by atoms with Gasteiger partial charge in [0, 0.05) is 6.04 Å². The van der Waals surface area contributed by atoms with Gasteiger partial charge in [0.05, 0.1) is 12.0 Å². The second-order valence-corrected chi connectivity index (χ2v) is 3.72. The zero-order chi connectivity index (χ0) is 9.78. The van der Waals surface area contributed by atoms with Gasteiger partial charge in [0.2, 0.25) is 0 Å². The van der Waals surface area contributed by atoms with Crippen LogP contribution >= 0.6 is 0 Å². The molecule has 0 fully saturated rings. The van der Waals surface area contributed by atoms with Crippen molar-refractivity contribution in [2.45, 2.75) is 45.7 Å². The van der Waals surface area contributed by atoms with E-state index in [4.69, 9.17) is 0 Å². The van der Waals surface area contributed by atoms with Gasteiger partial charge in [0.1, 0.15) is 6.29 Å². The number of aldehydes is 1. The lowest BCUT2D eigenvalue weighted by atomic mass is 9.96. The highest BCUT2D eigenvalue weighted by Gasteiger charge is 2.26. The molecule has 3 nitrogen and oxygen atoms in total. The number of carbonyl (C=O) groups is 2. The molecule has 0 aromatic carbocycles. The molecule has 0 heterocycles. The minimum atomic E-state index is -0.588. The Kier molecular flexibility index (Phi) is 4.10. The van der Waals surface area contributed by atoms with E-state index in [9.17, 15) is 9.59 Å². The summed E-state index contributed by atoms with van der Waals surface area (Å²) in [7, 11) is 0. The first kappa shape index (κ1) is 11.3. The molecular weight excluding hydrogens is 154 g/mol. The smallest absolute Gasteiger partial charge is 0.159 e. The predicted octanol–water partition coefficient (Wildman–Crippen LogP) is 0.921. The van der Waals surface area contributed by atoms with E-state index in [0.717, 1.165) is 0 Å². The van der Waals surface area contributed by atoms with Crippen LogP contribution in [-0.2, 0) is 9.59 Å². The number of carbonyl (C=O) groups excluding carboxylic acids is 2. The fourth-order valence-electron chi connectivity index (χ4n) is 1.13. The summed E-state index contributed by atoms with van der Waals surface area (Å²) in [5.41, 5.74) is -0.588. The van der Waals surface area contributed by atoms with Gasteiger partial charge in [-0.3, -0.25) is 4.79 Å². The highest BCUT2D eigenvalue weighted by molar-refractivity contribution is 5.96. The lowest BCUT2D eigenvalue weighted by molar-refractivity contribution is -0.126. The van der Waals surface area contributed by atoms with E-state index in [1.807, 2.05) is 13.8 Å². The van der Waals surface area contributed by atoms with Crippen LogP contribution in [0.2, 0.25) is 0 Å². The minimum Gasteiger partial charge on any atom is -0.303 e. The maximum Gasteiger partial charge on any atom is 0.159 e. The number of nitrogens with one attached hydrogen (secondary N) is 1. The van der Waals surface area contributed by atoms with Gasteiger partial charge >= 0.3 is 0 Å². The van der Waals surface area contributed by atoms with Crippen LogP contribution < -0.4 is 5.32 Å². The first-order valence-electron chi connectivity index (χ1n) is 4.15. The highest BCUT2D eigenvalue weighted by atomic mass is 16.1. The van der Waals surface area contributed by atoms with Crippen molar-refractivity contribution in [1.29, 1.82) is 0 Å². The molecule has 0 spiro atoms. The molecule has 12 heavy (non-hydrogen) atoms. The SMILES string of the molecule is CC(C)NC(C)(C)C(=O)CC=O. The molecule has 0 radical (unpaired) electrons. The maximum absolute atomic E-state index is 11.3. The zero-order valence-corrected chi connectivity index (χ0v) is 8.18. The maximum atomic E-state index is 11.3.